The number of hydrogen-bond acceptors (Lipinski definition) is 4. The van der Waals surface area contributed by atoms with Crippen LogP contribution in [-0.4, -0.2) is 22.3 Å². The molecule has 0 amide bonds. The third-order valence-corrected chi connectivity index (χ3v) is 2.75. The molecule has 17 heavy (non-hydrogen) atoms. The fraction of sp³-hybridized carbons (Fsp3) is 0.250. The summed E-state index contributed by atoms with van der Waals surface area (Å²) < 4.78 is 5.11. The minimum Gasteiger partial charge on any atom is -0.495 e. The Morgan fingerprint density at radius 2 is 2.00 bits per heavy atom. The Morgan fingerprint density at radius 1 is 1.24 bits per heavy atom. The van der Waals surface area contributed by atoms with E-state index in [0.717, 1.165) is 11.1 Å². The predicted molar refractivity (Wildman–Crippen MR) is 64.1 cm³/mol. The molecule has 0 aromatic carbocycles. The van der Waals surface area contributed by atoms with Crippen molar-refractivity contribution in [2.75, 3.05) is 7.11 Å². The second-order valence-electron chi connectivity index (χ2n) is 3.76. The van der Waals surface area contributed by atoms with E-state index in [4.69, 9.17) is 4.74 Å². The van der Waals surface area contributed by atoms with Crippen LogP contribution in [-0.2, 0) is 0 Å². The molecule has 0 fully saturated rings. The summed E-state index contributed by atoms with van der Waals surface area (Å²) in [5.41, 5.74) is 2.89. The summed E-state index contributed by atoms with van der Waals surface area (Å²) in [5.74, 6) is 0.660. The number of hydrogen-bond donors (Lipinski definition) is 1. The van der Waals surface area contributed by atoms with E-state index in [-0.39, 0.29) is 5.56 Å². The first-order valence-corrected chi connectivity index (χ1v) is 5.18. The van der Waals surface area contributed by atoms with E-state index in [9.17, 15) is 4.79 Å². The van der Waals surface area contributed by atoms with Crippen LogP contribution >= 0.6 is 0 Å². The van der Waals surface area contributed by atoms with Gasteiger partial charge in [0.05, 0.1) is 19.0 Å². The summed E-state index contributed by atoms with van der Waals surface area (Å²) in [4.78, 5) is 15.5. The summed E-state index contributed by atoms with van der Waals surface area (Å²) in [6.07, 6.45) is 3.31. The van der Waals surface area contributed by atoms with Gasteiger partial charge in [0, 0.05) is 17.3 Å². The van der Waals surface area contributed by atoms with Crippen molar-refractivity contribution in [3.63, 3.8) is 0 Å². The van der Waals surface area contributed by atoms with Crippen LogP contribution in [0.1, 0.15) is 11.1 Å². The number of nitrogens with zero attached hydrogens (tertiary/aromatic N) is 2. The number of aromatic amines is 1. The molecule has 2 rings (SSSR count). The Bertz CT molecular complexity index is 605. The third kappa shape index (κ3) is 2.04. The van der Waals surface area contributed by atoms with Gasteiger partial charge in [0.2, 0.25) is 0 Å². The normalized spacial score (nSPS) is 10.3. The van der Waals surface area contributed by atoms with E-state index in [2.05, 4.69) is 15.2 Å². The van der Waals surface area contributed by atoms with Crippen LogP contribution in [0.4, 0.5) is 0 Å². The Balaban J connectivity index is 2.60. The molecule has 2 aromatic rings. The lowest BCUT2D eigenvalue weighted by atomic mass is 10.1. The average Bonchev–Trinajstić information content (AvgIpc) is 2.36. The molecule has 5 nitrogen and oxygen atoms in total. The van der Waals surface area contributed by atoms with Crippen molar-refractivity contribution in [2.24, 2.45) is 0 Å². The van der Waals surface area contributed by atoms with Crippen LogP contribution in [0.3, 0.4) is 0 Å². The summed E-state index contributed by atoms with van der Waals surface area (Å²) in [5, 5.41) is 6.52. The molecule has 0 aliphatic rings. The maximum atomic E-state index is 11.4. The Hall–Kier alpha value is -2.17. The molecule has 5 heteroatoms. The van der Waals surface area contributed by atoms with Gasteiger partial charge in [0.25, 0.3) is 5.56 Å². The molecule has 0 saturated heterocycles. The minimum atomic E-state index is -0.165. The van der Waals surface area contributed by atoms with Crippen LogP contribution in [0, 0.1) is 13.8 Å². The lowest BCUT2D eigenvalue weighted by molar-refractivity contribution is 0.413. The van der Waals surface area contributed by atoms with Crippen molar-refractivity contribution < 1.29 is 4.74 Å². The molecule has 0 radical (unpaired) electrons. The average molecular weight is 231 g/mol. The highest BCUT2D eigenvalue weighted by molar-refractivity contribution is 5.63. The van der Waals surface area contributed by atoms with Gasteiger partial charge < -0.3 is 4.74 Å². The highest BCUT2D eigenvalue weighted by atomic mass is 16.5. The van der Waals surface area contributed by atoms with Gasteiger partial charge in [-0.15, -0.1) is 0 Å². The Kier molecular flexibility index (Phi) is 2.91. The largest absolute Gasteiger partial charge is 0.495 e. The minimum absolute atomic E-state index is 0.165. The van der Waals surface area contributed by atoms with E-state index >= 15 is 0 Å². The summed E-state index contributed by atoms with van der Waals surface area (Å²) in [6, 6.07) is 1.83. The lowest BCUT2D eigenvalue weighted by Crippen LogP contribution is -2.14. The van der Waals surface area contributed by atoms with E-state index in [1.165, 1.54) is 0 Å². The number of aromatic nitrogens is 3. The molecular weight excluding hydrogens is 218 g/mol. The molecule has 0 atom stereocenters. The molecule has 88 valence electrons. The van der Waals surface area contributed by atoms with Gasteiger partial charge in [-0.25, -0.2) is 5.10 Å². The van der Waals surface area contributed by atoms with E-state index < -0.39 is 0 Å². The molecule has 0 bridgehead atoms. The fourth-order valence-electron chi connectivity index (χ4n) is 1.56. The zero-order valence-corrected chi connectivity index (χ0v) is 9.94. The van der Waals surface area contributed by atoms with Gasteiger partial charge in [-0.05, 0) is 25.5 Å². The van der Waals surface area contributed by atoms with Crippen molar-refractivity contribution >= 4 is 0 Å². The second kappa shape index (κ2) is 4.37. The molecule has 2 heterocycles. The third-order valence-electron chi connectivity index (χ3n) is 2.75. The van der Waals surface area contributed by atoms with Gasteiger partial charge in [0.1, 0.15) is 5.75 Å². The molecule has 2 aromatic heterocycles. The maximum Gasteiger partial charge on any atom is 0.267 e. The zero-order chi connectivity index (χ0) is 12.4. The molecule has 0 spiro atoms. The fourth-order valence-corrected chi connectivity index (χ4v) is 1.56. The van der Waals surface area contributed by atoms with Crippen molar-refractivity contribution in [1.29, 1.82) is 0 Å². The highest BCUT2D eigenvalue weighted by Crippen LogP contribution is 2.23. The van der Waals surface area contributed by atoms with Gasteiger partial charge in [-0.1, -0.05) is 0 Å². The summed E-state index contributed by atoms with van der Waals surface area (Å²) in [7, 11) is 1.58. The first kappa shape index (κ1) is 11.3. The van der Waals surface area contributed by atoms with Crippen LogP contribution in [0.5, 0.6) is 5.75 Å². The summed E-state index contributed by atoms with van der Waals surface area (Å²) in [6.45, 7) is 3.64. The quantitative estimate of drug-likeness (QED) is 0.849. The van der Waals surface area contributed by atoms with Gasteiger partial charge in [-0.2, -0.15) is 5.10 Å². The molecule has 0 aliphatic carbocycles. The molecule has 1 N–H and O–H groups in total. The molecule has 0 unspecified atom stereocenters. The molecule has 0 aliphatic heterocycles. The second-order valence-corrected chi connectivity index (χ2v) is 3.76. The van der Waals surface area contributed by atoms with Gasteiger partial charge in [0.15, 0.2) is 0 Å². The highest BCUT2D eigenvalue weighted by Gasteiger charge is 2.09. The number of methoxy groups -OCH3 is 1. The zero-order valence-electron chi connectivity index (χ0n) is 9.94. The number of nitrogens with one attached hydrogen (secondary N) is 1. The van der Waals surface area contributed by atoms with Crippen LogP contribution in [0.2, 0.25) is 0 Å². The van der Waals surface area contributed by atoms with Crippen LogP contribution in [0.15, 0.2) is 23.3 Å². The Labute approximate surface area is 98.5 Å². The maximum absolute atomic E-state index is 11.4. The van der Waals surface area contributed by atoms with E-state index in [1.807, 2.05) is 13.0 Å². The number of ether oxygens (including phenoxy) is 1. The first-order chi connectivity index (χ1) is 8.13. The van der Waals surface area contributed by atoms with Crippen LogP contribution in [0.25, 0.3) is 11.3 Å². The van der Waals surface area contributed by atoms with Crippen molar-refractivity contribution in [1.82, 2.24) is 15.2 Å². The smallest absolute Gasteiger partial charge is 0.267 e. The molecule has 0 saturated carbocycles. The molecular formula is C12H13N3O2. The SMILES string of the molecule is COc1cncc(-c2n[nH]c(=O)c(C)c2C)c1. The lowest BCUT2D eigenvalue weighted by Gasteiger charge is -2.07. The predicted octanol–water partition coefficient (Wildman–Crippen LogP) is 1.46. The summed E-state index contributed by atoms with van der Waals surface area (Å²) >= 11 is 0. The number of H-pyrrole nitrogens is 1. The number of rotatable bonds is 2. The van der Waals surface area contributed by atoms with Crippen LogP contribution < -0.4 is 10.3 Å². The van der Waals surface area contributed by atoms with Gasteiger partial charge in [-0.3, -0.25) is 9.78 Å². The van der Waals surface area contributed by atoms with Crippen molar-refractivity contribution in [3.05, 3.63) is 39.9 Å². The van der Waals surface area contributed by atoms with E-state index in [0.29, 0.717) is 17.0 Å². The van der Waals surface area contributed by atoms with Crippen molar-refractivity contribution in [2.45, 2.75) is 13.8 Å². The number of pyridine rings is 1. The topological polar surface area (TPSA) is 67.9 Å². The van der Waals surface area contributed by atoms with E-state index in [1.54, 1.807) is 26.4 Å². The van der Waals surface area contributed by atoms with Crippen molar-refractivity contribution in [3.8, 4) is 17.0 Å². The standard InChI is InChI=1S/C12H13N3O2/c1-7-8(2)12(16)15-14-11(7)9-4-10(17-3)6-13-5-9/h4-6H,1-3H3,(H,15,16). The first-order valence-electron chi connectivity index (χ1n) is 5.18. The van der Waals surface area contributed by atoms with Gasteiger partial charge >= 0.3 is 0 Å². The Morgan fingerprint density at radius 3 is 2.71 bits per heavy atom. The monoisotopic (exact) mass is 231 g/mol.